The predicted octanol–water partition coefficient (Wildman–Crippen LogP) is 2.20. The maximum atomic E-state index is 8.90. The van der Waals surface area contributed by atoms with E-state index in [0.717, 1.165) is 11.3 Å². The minimum atomic E-state index is 0.291. The smallest absolute Gasteiger partial charge is 0.115 e. The number of aliphatic hydroxyl groups excluding tert-OH is 1. The van der Waals surface area contributed by atoms with E-state index >= 15 is 0 Å². The lowest BCUT2D eigenvalue weighted by atomic mass is 10.4. The zero-order valence-electron chi connectivity index (χ0n) is 4.91. The zero-order chi connectivity index (χ0) is 6.69. The fourth-order valence-corrected chi connectivity index (χ4v) is 0.786. The van der Waals surface area contributed by atoms with Crippen LogP contribution < -0.4 is 0 Å². The van der Waals surface area contributed by atoms with Gasteiger partial charge in [-0.25, -0.2) is 0 Å². The third kappa shape index (κ3) is 1.98. The Morgan fingerprint density at radius 2 is 2.22 bits per heavy atom. The summed E-state index contributed by atoms with van der Waals surface area (Å²) in [6, 6.07) is 0. The normalized spacial score (nSPS) is 18.3. The average Bonchev–Trinajstić information content (AvgIpc) is 1.97. The molecule has 0 heterocycles. The van der Waals surface area contributed by atoms with Crippen molar-refractivity contribution in [2.24, 2.45) is 0 Å². The van der Waals surface area contributed by atoms with Crippen LogP contribution in [0.25, 0.3) is 0 Å². The third-order valence-electron chi connectivity index (χ3n) is 1.06. The first-order valence-corrected chi connectivity index (χ1v) is 3.19. The number of allylic oxidation sites excluding steroid dienone is 5. The molecule has 1 rings (SSSR count). The van der Waals surface area contributed by atoms with Crippen molar-refractivity contribution in [2.45, 2.75) is 6.42 Å². The first kappa shape index (κ1) is 6.49. The summed E-state index contributed by atoms with van der Waals surface area (Å²) in [5.74, 6) is 0.291. The standard InChI is InChI=1S/C7H8OS/c8-6-2-1-3-7(9)5-4-6/h1-2,4-5,8-9H,3H2. The zero-order valence-corrected chi connectivity index (χ0v) is 5.81. The third-order valence-corrected chi connectivity index (χ3v) is 1.39. The molecule has 0 radical (unpaired) electrons. The van der Waals surface area contributed by atoms with Crippen LogP contribution in [0.5, 0.6) is 0 Å². The van der Waals surface area contributed by atoms with E-state index in [4.69, 9.17) is 5.11 Å². The van der Waals surface area contributed by atoms with Crippen molar-refractivity contribution in [1.29, 1.82) is 0 Å². The molecule has 0 aromatic heterocycles. The van der Waals surface area contributed by atoms with Gasteiger partial charge in [-0.15, -0.1) is 12.6 Å². The van der Waals surface area contributed by atoms with Crippen LogP contribution in [-0.4, -0.2) is 5.11 Å². The first-order valence-electron chi connectivity index (χ1n) is 2.74. The van der Waals surface area contributed by atoms with E-state index in [0.29, 0.717) is 5.76 Å². The van der Waals surface area contributed by atoms with Gasteiger partial charge in [-0.05, 0) is 29.6 Å². The van der Waals surface area contributed by atoms with Crippen molar-refractivity contribution in [3.8, 4) is 0 Å². The number of thiol groups is 1. The van der Waals surface area contributed by atoms with Gasteiger partial charge in [-0.3, -0.25) is 0 Å². The second kappa shape index (κ2) is 2.78. The van der Waals surface area contributed by atoms with E-state index in [9.17, 15) is 0 Å². The summed E-state index contributed by atoms with van der Waals surface area (Å²) in [4.78, 5) is 0.968. The lowest BCUT2D eigenvalue weighted by Gasteiger charge is -1.85. The quantitative estimate of drug-likeness (QED) is 0.494. The molecule has 0 atom stereocenters. The topological polar surface area (TPSA) is 20.2 Å². The van der Waals surface area contributed by atoms with E-state index in [-0.39, 0.29) is 0 Å². The molecule has 1 nitrogen and oxygen atoms in total. The van der Waals surface area contributed by atoms with Gasteiger partial charge in [0.15, 0.2) is 0 Å². The monoisotopic (exact) mass is 140 g/mol. The summed E-state index contributed by atoms with van der Waals surface area (Å²) >= 11 is 4.12. The Hall–Kier alpha value is -0.630. The van der Waals surface area contributed by atoms with Crippen LogP contribution in [0.4, 0.5) is 0 Å². The molecular weight excluding hydrogens is 132 g/mol. The van der Waals surface area contributed by atoms with Gasteiger partial charge < -0.3 is 5.11 Å². The molecule has 0 saturated carbocycles. The van der Waals surface area contributed by atoms with Crippen molar-refractivity contribution in [3.05, 3.63) is 35.0 Å². The van der Waals surface area contributed by atoms with Crippen LogP contribution in [0.3, 0.4) is 0 Å². The Bertz CT molecular complexity index is 189. The lowest BCUT2D eigenvalue weighted by molar-refractivity contribution is 0.432. The highest BCUT2D eigenvalue weighted by atomic mass is 32.1. The molecule has 0 spiro atoms. The summed E-state index contributed by atoms with van der Waals surface area (Å²) in [6.45, 7) is 0. The maximum absolute atomic E-state index is 8.90. The van der Waals surface area contributed by atoms with Crippen LogP contribution in [-0.2, 0) is 0 Å². The molecule has 0 aromatic carbocycles. The molecule has 9 heavy (non-hydrogen) atoms. The van der Waals surface area contributed by atoms with Crippen molar-refractivity contribution in [2.75, 3.05) is 0 Å². The SMILES string of the molecule is OC1=CC=C(S)CC=C1. The molecule has 0 saturated heterocycles. The molecule has 1 aliphatic rings. The van der Waals surface area contributed by atoms with Crippen molar-refractivity contribution >= 4 is 12.6 Å². The molecule has 0 aliphatic heterocycles. The largest absolute Gasteiger partial charge is 0.508 e. The van der Waals surface area contributed by atoms with Gasteiger partial charge in [0.25, 0.3) is 0 Å². The second-order valence-corrected chi connectivity index (χ2v) is 2.43. The fraction of sp³-hybridized carbons (Fsp3) is 0.143. The molecule has 0 amide bonds. The van der Waals surface area contributed by atoms with E-state index in [1.165, 1.54) is 0 Å². The average molecular weight is 140 g/mol. The number of hydrogen-bond acceptors (Lipinski definition) is 2. The van der Waals surface area contributed by atoms with Crippen molar-refractivity contribution in [3.63, 3.8) is 0 Å². The summed E-state index contributed by atoms with van der Waals surface area (Å²) in [6.07, 6.45) is 7.77. The Balaban J connectivity index is 2.80. The van der Waals surface area contributed by atoms with Gasteiger partial charge in [0.2, 0.25) is 0 Å². The molecule has 0 bridgehead atoms. The summed E-state index contributed by atoms with van der Waals surface area (Å²) in [5.41, 5.74) is 0. The molecule has 0 fully saturated rings. The lowest BCUT2D eigenvalue weighted by Crippen LogP contribution is -1.66. The maximum Gasteiger partial charge on any atom is 0.115 e. The molecule has 2 heteroatoms. The van der Waals surface area contributed by atoms with Gasteiger partial charge in [0.05, 0.1) is 0 Å². The van der Waals surface area contributed by atoms with Gasteiger partial charge in [0, 0.05) is 0 Å². The Morgan fingerprint density at radius 1 is 1.44 bits per heavy atom. The molecule has 0 unspecified atom stereocenters. The van der Waals surface area contributed by atoms with Crippen LogP contribution in [0.1, 0.15) is 6.42 Å². The highest BCUT2D eigenvalue weighted by Gasteiger charge is 1.90. The highest BCUT2D eigenvalue weighted by molar-refractivity contribution is 7.84. The Labute approximate surface area is 59.8 Å². The van der Waals surface area contributed by atoms with Gasteiger partial charge in [-0.1, -0.05) is 6.08 Å². The van der Waals surface area contributed by atoms with Gasteiger partial charge >= 0.3 is 0 Å². The predicted molar refractivity (Wildman–Crippen MR) is 41.5 cm³/mol. The van der Waals surface area contributed by atoms with Crippen molar-refractivity contribution in [1.82, 2.24) is 0 Å². The van der Waals surface area contributed by atoms with E-state index < -0.39 is 0 Å². The van der Waals surface area contributed by atoms with E-state index in [1.807, 2.05) is 6.08 Å². The van der Waals surface area contributed by atoms with Crippen LogP contribution in [0.15, 0.2) is 35.0 Å². The molecule has 1 N–H and O–H groups in total. The van der Waals surface area contributed by atoms with Gasteiger partial charge in [-0.2, -0.15) is 0 Å². The summed E-state index contributed by atoms with van der Waals surface area (Å²) < 4.78 is 0. The number of aliphatic hydroxyl groups is 1. The van der Waals surface area contributed by atoms with E-state index in [2.05, 4.69) is 12.6 Å². The van der Waals surface area contributed by atoms with Crippen LogP contribution in [0, 0.1) is 0 Å². The molecule has 48 valence electrons. The highest BCUT2D eigenvalue weighted by Crippen LogP contribution is 2.11. The van der Waals surface area contributed by atoms with Crippen LogP contribution in [0.2, 0.25) is 0 Å². The van der Waals surface area contributed by atoms with Crippen molar-refractivity contribution < 1.29 is 5.11 Å². The molecule has 0 aromatic rings. The fourth-order valence-electron chi connectivity index (χ4n) is 0.606. The second-order valence-electron chi connectivity index (χ2n) is 1.86. The van der Waals surface area contributed by atoms with Crippen LogP contribution >= 0.6 is 12.6 Å². The minimum Gasteiger partial charge on any atom is -0.508 e. The Morgan fingerprint density at radius 3 is 3.00 bits per heavy atom. The molecular formula is C7H8OS. The minimum absolute atomic E-state index is 0.291. The number of hydrogen-bond donors (Lipinski definition) is 2. The molecule has 1 aliphatic carbocycles. The summed E-state index contributed by atoms with van der Waals surface area (Å²) in [7, 11) is 0. The van der Waals surface area contributed by atoms with E-state index in [1.54, 1.807) is 18.2 Å². The summed E-state index contributed by atoms with van der Waals surface area (Å²) in [5, 5.41) is 8.90. The Kier molecular flexibility index (Phi) is 2.01. The van der Waals surface area contributed by atoms with Gasteiger partial charge in [0.1, 0.15) is 5.76 Å². The first-order chi connectivity index (χ1) is 4.29. The number of rotatable bonds is 0.